The minimum atomic E-state index is 0.499. The van der Waals surface area contributed by atoms with Crippen LogP contribution in [0.1, 0.15) is 84.5 Å². The molecule has 1 atom stereocenters. The van der Waals surface area contributed by atoms with Crippen molar-refractivity contribution < 1.29 is 0 Å². The summed E-state index contributed by atoms with van der Waals surface area (Å²) in [5, 5.41) is 0. The first-order valence-electron chi connectivity index (χ1n) is 9.40. The van der Waals surface area contributed by atoms with Gasteiger partial charge in [-0.3, -0.25) is 0 Å². The number of nitrogens with two attached hydrogens (primary N) is 1. The lowest BCUT2D eigenvalue weighted by Gasteiger charge is -2.59. The van der Waals surface area contributed by atoms with Gasteiger partial charge in [-0.05, 0) is 74.0 Å². The average molecular weight is 277 g/mol. The largest absolute Gasteiger partial charge is 0.327 e. The minimum absolute atomic E-state index is 0.499. The molecule has 116 valence electrons. The summed E-state index contributed by atoms with van der Waals surface area (Å²) in [6.45, 7) is 4.66. The lowest BCUT2D eigenvalue weighted by atomic mass is 9.47. The molecule has 0 aromatic rings. The third kappa shape index (κ3) is 2.80. The average Bonchev–Trinajstić information content (AvgIpc) is 2.37. The van der Waals surface area contributed by atoms with Gasteiger partial charge >= 0.3 is 0 Å². The van der Waals surface area contributed by atoms with Crippen LogP contribution in [0.3, 0.4) is 0 Å². The van der Waals surface area contributed by atoms with Gasteiger partial charge in [0.25, 0.3) is 0 Å². The fourth-order valence-corrected chi connectivity index (χ4v) is 6.44. The van der Waals surface area contributed by atoms with Crippen LogP contribution in [0.2, 0.25) is 0 Å². The Morgan fingerprint density at radius 2 is 1.35 bits per heavy atom. The van der Waals surface area contributed by atoms with Gasteiger partial charge in [0.2, 0.25) is 0 Å². The molecule has 4 aliphatic carbocycles. The Morgan fingerprint density at radius 3 is 1.75 bits per heavy atom. The molecule has 1 unspecified atom stereocenters. The van der Waals surface area contributed by atoms with Crippen molar-refractivity contribution in [3.8, 4) is 0 Å². The van der Waals surface area contributed by atoms with Gasteiger partial charge < -0.3 is 5.73 Å². The van der Waals surface area contributed by atoms with Gasteiger partial charge in [-0.1, -0.05) is 39.5 Å². The highest BCUT2D eigenvalue weighted by molar-refractivity contribution is 5.05. The molecule has 0 saturated heterocycles. The zero-order chi connectivity index (χ0) is 14.2. The summed E-state index contributed by atoms with van der Waals surface area (Å²) < 4.78 is 0. The van der Waals surface area contributed by atoms with E-state index in [9.17, 15) is 0 Å². The second-order valence-corrected chi connectivity index (χ2v) is 8.57. The molecule has 0 aromatic heterocycles. The molecule has 20 heavy (non-hydrogen) atoms. The van der Waals surface area contributed by atoms with E-state index in [2.05, 4.69) is 13.8 Å². The molecule has 4 bridgehead atoms. The molecule has 0 heterocycles. The van der Waals surface area contributed by atoms with Crippen LogP contribution >= 0.6 is 0 Å². The van der Waals surface area contributed by atoms with Crippen molar-refractivity contribution in [2.75, 3.05) is 0 Å². The third-order valence-corrected chi connectivity index (χ3v) is 6.85. The standard InChI is InChI=1S/C19H35N/c1-3-5-14(6-4-2)10-18(20)19-11-15-7-16(12-19)9-17(8-15)13-19/h14-18H,3-13,20H2,1-2H3. The van der Waals surface area contributed by atoms with Crippen LogP contribution in [0.25, 0.3) is 0 Å². The van der Waals surface area contributed by atoms with E-state index in [0.717, 1.165) is 23.7 Å². The van der Waals surface area contributed by atoms with Crippen LogP contribution in [0.15, 0.2) is 0 Å². The predicted molar refractivity (Wildman–Crippen MR) is 86.5 cm³/mol. The van der Waals surface area contributed by atoms with Crippen LogP contribution in [0.5, 0.6) is 0 Å². The van der Waals surface area contributed by atoms with Crippen molar-refractivity contribution >= 4 is 0 Å². The smallest absolute Gasteiger partial charge is 0.00985 e. The first-order valence-corrected chi connectivity index (χ1v) is 9.40. The third-order valence-electron chi connectivity index (χ3n) is 6.85. The highest BCUT2D eigenvalue weighted by atomic mass is 14.7. The Bertz CT molecular complexity index is 280. The van der Waals surface area contributed by atoms with Crippen molar-refractivity contribution in [2.24, 2.45) is 34.8 Å². The molecular weight excluding hydrogens is 242 g/mol. The normalized spacial score (nSPS) is 40.5. The molecule has 2 N–H and O–H groups in total. The van der Waals surface area contributed by atoms with E-state index < -0.39 is 0 Å². The van der Waals surface area contributed by atoms with Gasteiger partial charge in [0.05, 0.1) is 0 Å². The van der Waals surface area contributed by atoms with Gasteiger partial charge in [-0.2, -0.15) is 0 Å². The van der Waals surface area contributed by atoms with Crippen LogP contribution in [0, 0.1) is 29.1 Å². The van der Waals surface area contributed by atoms with Gasteiger partial charge in [-0.15, -0.1) is 0 Å². The summed E-state index contributed by atoms with van der Waals surface area (Å²) in [5.74, 6) is 4.03. The van der Waals surface area contributed by atoms with Gasteiger partial charge in [0, 0.05) is 6.04 Å². The zero-order valence-electron chi connectivity index (χ0n) is 13.7. The maximum Gasteiger partial charge on any atom is 0.00985 e. The lowest BCUT2D eigenvalue weighted by molar-refractivity contribution is -0.0707. The number of rotatable bonds is 7. The van der Waals surface area contributed by atoms with E-state index in [4.69, 9.17) is 5.73 Å². The summed E-state index contributed by atoms with van der Waals surface area (Å²) >= 11 is 0. The summed E-state index contributed by atoms with van der Waals surface area (Å²) in [7, 11) is 0. The van der Waals surface area contributed by atoms with Crippen LogP contribution in [0.4, 0.5) is 0 Å². The summed E-state index contributed by atoms with van der Waals surface area (Å²) in [5.41, 5.74) is 7.40. The Balaban J connectivity index is 1.65. The van der Waals surface area contributed by atoms with Crippen LogP contribution in [-0.2, 0) is 0 Å². The fourth-order valence-electron chi connectivity index (χ4n) is 6.44. The molecule has 0 spiro atoms. The van der Waals surface area contributed by atoms with Crippen molar-refractivity contribution in [3.63, 3.8) is 0 Å². The van der Waals surface area contributed by atoms with Crippen molar-refractivity contribution in [2.45, 2.75) is 90.5 Å². The lowest BCUT2D eigenvalue weighted by Crippen LogP contribution is -2.54. The van der Waals surface area contributed by atoms with Gasteiger partial charge in [-0.25, -0.2) is 0 Å². The molecule has 0 aromatic carbocycles. The molecule has 0 radical (unpaired) electrons. The second kappa shape index (κ2) is 5.99. The maximum atomic E-state index is 6.83. The van der Waals surface area contributed by atoms with Gasteiger partial charge in [0.15, 0.2) is 0 Å². The Hall–Kier alpha value is -0.0400. The molecule has 0 aliphatic heterocycles. The molecular formula is C19H35N. The van der Waals surface area contributed by atoms with Crippen molar-refractivity contribution in [1.29, 1.82) is 0 Å². The summed E-state index contributed by atoms with van der Waals surface area (Å²) in [6, 6.07) is 0.499. The molecule has 4 aliphatic rings. The predicted octanol–water partition coefficient (Wildman–Crippen LogP) is 5.14. The first kappa shape index (κ1) is 14.9. The monoisotopic (exact) mass is 277 g/mol. The van der Waals surface area contributed by atoms with E-state index in [1.165, 1.54) is 70.6 Å². The highest BCUT2D eigenvalue weighted by Gasteiger charge is 2.53. The molecule has 4 fully saturated rings. The van der Waals surface area contributed by atoms with E-state index in [1.807, 2.05) is 0 Å². The molecule has 4 saturated carbocycles. The van der Waals surface area contributed by atoms with E-state index in [0.29, 0.717) is 11.5 Å². The quantitative estimate of drug-likeness (QED) is 0.685. The molecule has 0 amide bonds. The minimum Gasteiger partial charge on any atom is -0.327 e. The summed E-state index contributed by atoms with van der Waals surface area (Å²) in [4.78, 5) is 0. The fraction of sp³-hybridized carbons (Fsp3) is 1.00. The van der Waals surface area contributed by atoms with E-state index >= 15 is 0 Å². The zero-order valence-corrected chi connectivity index (χ0v) is 13.7. The van der Waals surface area contributed by atoms with Crippen LogP contribution < -0.4 is 5.73 Å². The molecule has 4 rings (SSSR count). The van der Waals surface area contributed by atoms with E-state index in [1.54, 1.807) is 0 Å². The second-order valence-electron chi connectivity index (χ2n) is 8.57. The molecule has 1 nitrogen and oxygen atoms in total. The van der Waals surface area contributed by atoms with Crippen molar-refractivity contribution in [1.82, 2.24) is 0 Å². The Labute approximate surface area is 126 Å². The Kier molecular flexibility index (Phi) is 4.45. The SMILES string of the molecule is CCCC(CCC)CC(N)C12CC3CC(CC(C3)C1)C2. The van der Waals surface area contributed by atoms with Crippen LogP contribution in [-0.4, -0.2) is 6.04 Å². The van der Waals surface area contributed by atoms with E-state index in [-0.39, 0.29) is 0 Å². The van der Waals surface area contributed by atoms with Gasteiger partial charge in [0.1, 0.15) is 0 Å². The summed E-state index contributed by atoms with van der Waals surface area (Å²) in [6.07, 6.45) is 15.8. The number of hydrogen-bond acceptors (Lipinski definition) is 1. The number of hydrogen-bond donors (Lipinski definition) is 1. The topological polar surface area (TPSA) is 26.0 Å². The highest BCUT2D eigenvalue weighted by Crippen LogP contribution is 2.61. The molecule has 1 heteroatoms. The first-order chi connectivity index (χ1) is 9.65. The van der Waals surface area contributed by atoms with Crippen molar-refractivity contribution in [3.05, 3.63) is 0 Å². The maximum absolute atomic E-state index is 6.83. The Morgan fingerprint density at radius 1 is 0.900 bits per heavy atom.